The average Bonchev–Trinajstić information content (AvgIpc) is 3.01. The zero-order chi connectivity index (χ0) is 15.1. The number of carbonyl (C=O) groups excluding carboxylic acids is 1. The van der Waals surface area contributed by atoms with E-state index in [2.05, 4.69) is 0 Å². The van der Waals surface area contributed by atoms with Gasteiger partial charge in [-0.2, -0.15) is 0 Å². The maximum absolute atomic E-state index is 12.3. The van der Waals surface area contributed by atoms with Crippen molar-refractivity contribution in [1.82, 2.24) is 4.90 Å². The third kappa shape index (κ3) is 4.10. The van der Waals surface area contributed by atoms with Crippen LogP contribution in [0.3, 0.4) is 0 Å². The summed E-state index contributed by atoms with van der Waals surface area (Å²) in [6.07, 6.45) is 1.46. The molecule has 0 spiro atoms. The summed E-state index contributed by atoms with van der Waals surface area (Å²) in [7, 11) is 0. The molecule has 0 unspecified atom stereocenters. The topological polar surface area (TPSA) is 62.9 Å². The number of ether oxygens (including phenoxy) is 1. The fourth-order valence-corrected chi connectivity index (χ4v) is 2.05. The molecule has 21 heavy (non-hydrogen) atoms. The van der Waals surface area contributed by atoms with Gasteiger partial charge in [0.1, 0.15) is 5.75 Å². The van der Waals surface area contributed by atoms with Crippen LogP contribution in [0.25, 0.3) is 0 Å². The van der Waals surface area contributed by atoms with Gasteiger partial charge in [0.25, 0.3) is 5.91 Å². The van der Waals surface area contributed by atoms with Gasteiger partial charge in [-0.3, -0.25) is 4.79 Å². The number of hydrogen-bond acceptors (Lipinski definition) is 4. The smallest absolute Gasteiger partial charge is 0.289 e. The van der Waals surface area contributed by atoms with E-state index >= 15 is 0 Å². The zero-order valence-corrected chi connectivity index (χ0v) is 12.0. The molecule has 0 bridgehead atoms. The minimum absolute atomic E-state index is 0.0996. The van der Waals surface area contributed by atoms with Gasteiger partial charge in [0.15, 0.2) is 5.76 Å². The first-order valence-electron chi connectivity index (χ1n) is 6.90. The lowest BCUT2D eigenvalue weighted by molar-refractivity contribution is 0.0676. The van der Waals surface area contributed by atoms with Crippen molar-refractivity contribution in [2.75, 3.05) is 19.8 Å². The number of nitrogens with zero attached hydrogens (tertiary/aromatic N) is 1. The Morgan fingerprint density at radius 2 is 2.19 bits per heavy atom. The maximum Gasteiger partial charge on any atom is 0.289 e. The van der Waals surface area contributed by atoms with Crippen molar-refractivity contribution < 1.29 is 19.1 Å². The summed E-state index contributed by atoms with van der Waals surface area (Å²) >= 11 is 0. The molecule has 0 aliphatic carbocycles. The van der Waals surface area contributed by atoms with E-state index < -0.39 is 0 Å². The van der Waals surface area contributed by atoms with E-state index in [9.17, 15) is 4.79 Å². The SMILES string of the molecule is CCOc1cccc(CN(CCO)C(=O)c2ccco2)c1. The van der Waals surface area contributed by atoms with Crippen LogP contribution < -0.4 is 4.74 Å². The van der Waals surface area contributed by atoms with E-state index in [1.54, 1.807) is 17.0 Å². The van der Waals surface area contributed by atoms with Gasteiger partial charge in [-0.25, -0.2) is 0 Å². The summed E-state index contributed by atoms with van der Waals surface area (Å²) in [5, 5.41) is 9.15. The monoisotopic (exact) mass is 289 g/mol. The molecule has 112 valence electrons. The number of furan rings is 1. The lowest BCUT2D eigenvalue weighted by atomic mass is 10.2. The second-order valence-corrected chi connectivity index (χ2v) is 4.51. The summed E-state index contributed by atoms with van der Waals surface area (Å²) in [5.41, 5.74) is 0.939. The van der Waals surface area contributed by atoms with Crippen LogP contribution in [0, 0.1) is 0 Å². The third-order valence-electron chi connectivity index (χ3n) is 2.97. The van der Waals surface area contributed by atoms with E-state index in [0.29, 0.717) is 13.2 Å². The van der Waals surface area contributed by atoms with Crippen LogP contribution in [0.4, 0.5) is 0 Å². The summed E-state index contributed by atoms with van der Waals surface area (Å²) in [4.78, 5) is 13.8. The minimum atomic E-state index is -0.240. The van der Waals surface area contributed by atoms with Crippen molar-refractivity contribution in [1.29, 1.82) is 0 Å². The second-order valence-electron chi connectivity index (χ2n) is 4.51. The lowest BCUT2D eigenvalue weighted by Gasteiger charge is -2.21. The Balaban J connectivity index is 2.12. The summed E-state index contributed by atoms with van der Waals surface area (Å²) in [6, 6.07) is 10.8. The highest BCUT2D eigenvalue weighted by atomic mass is 16.5. The number of aliphatic hydroxyl groups excluding tert-OH is 1. The summed E-state index contributed by atoms with van der Waals surface area (Å²) in [5.74, 6) is 0.796. The Hall–Kier alpha value is -2.27. The van der Waals surface area contributed by atoms with E-state index in [1.165, 1.54) is 6.26 Å². The molecular weight excluding hydrogens is 270 g/mol. The standard InChI is InChI=1S/C16H19NO4/c1-2-20-14-6-3-5-13(11-14)12-17(8-9-18)16(19)15-7-4-10-21-15/h3-7,10-11,18H,2,8-9,12H2,1H3. The Kier molecular flexibility index (Phi) is 5.40. The molecule has 0 fully saturated rings. The molecule has 0 aliphatic heterocycles. The Bertz CT molecular complexity index is 565. The van der Waals surface area contributed by atoms with Gasteiger partial charge in [0.2, 0.25) is 0 Å². The molecule has 1 N–H and O–H groups in total. The highest BCUT2D eigenvalue weighted by molar-refractivity contribution is 5.91. The quantitative estimate of drug-likeness (QED) is 0.849. The molecule has 1 amide bonds. The third-order valence-corrected chi connectivity index (χ3v) is 2.97. The molecule has 0 saturated carbocycles. The molecule has 1 aromatic heterocycles. The molecule has 2 aromatic rings. The van der Waals surface area contributed by atoms with Gasteiger partial charge in [0, 0.05) is 13.1 Å². The number of aliphatic hydroxyl groups is 1. The van der Waals surface area contributed by atoms with E-state index in [0.717, 1.165) is 11.3 Å². The van der Waals surface area contributed by atoms with Gasteiger partial charge in [-0.15, -0.1) is 0 Å². The Morgan fingerprint density at radius 1 is 1.33 bits per heavy atom. The fourth-order valence-electron chi connectivity index (χ4n) is 2.05. The molecule has 0 aliphatic rings. The molecule has 1 heterocycles. The van der Waals surface area contributed by atoms with Crippen molar-refractivity contribution in [3.05, 3.63) is 54.0 Å². The number of hydrogen-bond donors (Lipinski definition) is 1. The number of benzene rings is 1. The Labute approximate surface area is 123 Å². The van der Waals surface area contributed by atoms with E-state index in [1.807, 2.05) is 31.2 Å². The zero-order valence-electron chi connectivity index (χ0n) is 12.0. The number of amides is 1. The first-order chi connectivity index (χ1) is 10.2. The van der Waals surface area contributed by atoms with Crippen LogP contribution in [-0.4, -0.2) is 35.7 Å². The molecular formula is C16H19NO4. The average molecular weight is 289 g/mol. The van der Waals surface area contributed by atoms with Crippen LogP contribution in [0.5, 0.6) is 5.75 Å². The van der Waals surface area contributed by atoms with Crippen LogP contribution >= 0.6 is 0 Å². The highest BCUT2D eigenvalue weighted by Gasteiger charge is 2.18. The summed E-state index contributed by atoms with van der Waals surface area (Å²) < 4.78 is 10.6. The molecule has 1 aromatic carbocycles. The number of rotatable bonds is 7. The first kappa shape index (κ1) is 15.1. The predicted octanol–water partition coefficient (Wildman–Crippen LogP) is 2.31. The van der Waals surface area contributed by atoms with Crippen molar-refractivity contribution >= 4 is 5.91 Å². The van der Waals surface area contributed by atoms with Gasteiger partial charge in [0.05, 0.1) is 19.5 Å². The van der Waals surface area contributed by atoms with Crippen molar-refractivity contribution in [3.63, 3.8) is 0 Å². The molecule has 2 rings (SSSR count). The van der Waals surface area contributed by atoms with Crippen LogP contribution in [-0.2, 0) is 6.54 Å². The molecule has 0 atom stereocenters. The second kappa shape index (κ2) is 7.50. The lowest BCUT2D eigenvalue weighted by Crippen LogP contribution is -2.32. The Morgan fingerprint density at radius 3 is 2.86 bits per heavy atom. The van der Waals surface area contributed by atoms with Crippen molar-refractivity contribution in [2.24, 2.45) is 0 Å². The summed E-state index contributed by atoms with van der Waals surface area (Å²) in [6.45, 7) is 3.05. The van der Waals surface area contributed by atoms with E-state index in [-0.39, 0.29) is 24.8 Å². The van der Waals surface area contributed by atoms with Gasteiger partial charge < -0.3 is 19.2 Å². The largest absolute Gasteiger partial charge is 0.494 e. The van der Waals surface area contributed by atoms with Crippen LogP contribution in [0.1, 0.15) is 23.0 Å². The van der Waals surface area contributed by atoms with Crippen molar-refractivity contribution in [3.8, 4) is 5.75 Å². The predicted molar refractivity (Wildman–Crippen MR) is 78.1 cm³/mol. The molecule has 5 heteroatoms. The van der Waals surface area contributed by atoms with Gasteiger partial charge in [-0.05, 0) is 36.8 Å². The maximum atomic E-state index is 12.3. The normalized spacial score (nSPS) is 10.4. The molecule has 5 nitrogen and oxygen atoms in total. The fraction of sp³-hybridized carbons (Fsp3) is 0.312. The van der Waals surface area contributed by atoms with E-state index in [4.69, 9.17) is 14.3 Å². The molecule has 0 saturated heterocycles. The highest BCUT2D eigenvalue weighted by Crippen LogP contribution is 2.16. The van der Waals surface area contributed by atoms with Gasteiger partial charge in [-0.1, -0.05) is 12.1 Å². The first-order valence-corrected chi connectivity index (χ1v) is 6.90. The van der Waals surface area contributed by atoms with Crippen LogP contribution in [0.2, 0.25) is 0 Å². The van der Waals surface area contributed by atoms with Crippen LogP contribution in [0.15, 0.2) is 47.1 Å². The molecule has 0 radical (unpaired) electrons. The minimum Gasteiger partial charge on any atom is -0.494 e. The van der Waals surface area contributed by atoms with Gasteiger partial charge >= 0.3 is 0 Å². The van der Waals surface area contributed by atoms with Crippen molar-refractivity contribution in [2.45, 2.75) is 13.5 Å². The number of carbonyl (C=O) groups is 1.